The van der Waals surface area contributed by atoms with Gasteiger partial charge in [-0.1, -0.05) is 0 Å². The molecule has 1 heterocycles. The van der Waals surface area contributed by atoms with Crippen LogP contribution in [0.1, 0.15) is 12.0 Å². The third kappa shape index (κ3) is 1.73. The molecule has 1 aromatic rings. The minimum absolute atomic E-state index is 1.10. The van der Waals surface area contributed by atoms with Crippen molar-refractivity contribution in [2.24, 2.45) is 0 Å². The van der Waals surface area contributed by atoms with Gasteiger partial charge in [-0.3, -0.25) is 0 Å². The molecule has 76 valence electrons. The van der Waals surface area contributed by atoms with E-state index >= 15 is 0 Å². The summed E-state index contributed by atoms with van der Waals surface area (Å²) in [6, 6.07) is 4.45. The fraction of sp³-hybridized carbons (Fsp3) is 0.455. The second-order valence-electron chi connectivity index (χ2n) is 3.89. The molecule has 0 fully saturated rings. The van der Waals surface area contributed by atoms with E-state index in [9.17, 15) is 0 Å². The number of aryl methyl sites for hydroxylation is 1. The molecular formula is C11H15BrN2. The third-order valence-corrected chi connectivity index (χ3v) is 3.23. The van der Waals surface area contributed by atoms with E-state index in [1.165, 1.54) is 29.8 Å². The van der Waals surface area contributed by atoms with Crippen LogP contribution in [0, 0.1) is 0 Å². The highest BCUT2D eigenvalue weighted by atomic mass is 79.9. The lowest BCUT2D eigenvalue weighted by molar-refractivity contribution is 0.829. The molecule has 0 amide bonds. The Balaban J connectivity index is 2.45. The highest BCUT2D eigenvalue weighted by Gasteiger charge is 2.12. The van der Waals surface area contributed by atoms with Crippen LogP contribution in [0.25, 0.3) is 0 Å². The van der Waals surface area contributed by atoms with Crippen LogP contribution in [-0.4, -0.2) is 20.6 Å². The number of halogens is 1. The maximum absolute atomic E-state index is 3.59. The molecule has 0 unspecified atom stereocenters. The number of hydrogen-bond acceptors (Lipinski definition) is 2. The second-order valence-corrected chi connectivity index (χ2v) is 4.74. The number of rotatable bonds is 1. The first-order chi connectivity index (χ1) is 6.68. The van der Waals surface area contributed by atoms with Gasteiger partial charge < -0.3 is 10.2 Å². The van der Waals surface area contributed by atoms with Gasteiger partial charge in [-0.2, -0.15) is 0 Å². The summed E-state index contributed by atoms with van der Waals surface area (Å²) in [4.78, 5) is 2.14. The van der Waals surface area contributed by atoms with Crippen LogP contribution >= 0.6 is 15.9 Å². The fourth-order valence-corrected chi connectivity index (χ4v) is 2.52. The summed E-state index contributed by atoms with van der Waals surface area (Å²) >= 11 is 3.59. The minimum Gasteiger partial charge on any atom is -0.385 e. The molecule has 14 heavy (non-hydrogen) atoms. The van der Waals surface area contributed by atoms with Gasteiger partial charge >= 0.3 is 0 Å². The summed E-state index contributed by atoms with van der Waals surface area (Å²) in [5, 5.41) is 3.42. The van der Waals surface area contributed by atoms with Gasteiger partial charge in [0, 0.05) is 30.8 Å². The number of benzene rings is 1. The topological polar surface area (TPSA) is 15.3 Å². The van der Waals surface area contributed by atoms with E-state index in [4.69, 9.17) is 0 Å². The van der Waals surface area contributed by atoms with E-state index in [1.54, 1.807) is 0 Å². The molecule has 3 heteroatoms. The van der Waals surface area contributed by atoms with Crippen LogP contribution in [0.4, 0.5) is 11.4 Å². The van der Waals surface area contributed by atoms with Crippen LogP contribution in [0.3, 0.4) is 0 Å². The molecule has 1 aliphatic rings. The maximum atomic E-state index is 3.59. The van der Waals surface area contributed by atoms with Crippen molar-refractivity contribution in [2.45, 2.75) is 12.8 Å². The molecule has 0 aliphatic carbocycles. The van der Waals surface area contributed by atoms with E-state index in [0.717, 1.165) is 11.0 Å². The SMILES string of the molecule is CN(C)c1cc2c(cc1Br)NCCC2. The van der Waals surface area contributed by atoms with Gasteiger partial charge in [0.05, 0.1) is 5.69 Å². The summed E-state index contributed by atoms with van der Waals surface area (Å²) < 4.78 is 1.16. The highest BCUT2D eigenvalue weighted by Crippen LogP contribution is 2.33. The summed E-state index contributed by atoms with van der Waals surface area (Å²) in [6.45, 7) is 1.10. The summed E-state index contributed by atoms with van der Waals surface area (Å²) in [5.41, 5.74) is 3.98. The highest BCUT2D eigenvalue weighted by molar-refractivity contribution is 9.10. The van der Waals surface area contributed by atoms with Crippen molar-refractivity contribution in [3.8, 4) is 0 Å². The van der Waals surface area contributed by atoms with Crippen molar-refractivity contribution in [2.75, 3.05) is 30.9 Å². The number of fused-ring (bicyclic) bond motifs is 1. The molecule has 0 spiro atoms. The Bertz CT molecular complexity index is 347. The lowest BCUT2D eigenvalue weighted by Gasteiger charge is -2.22. The predicted molar refractivity (Wildman–Crippen MR) is 65.3 cm³/mol. The van der Waals surface area contributed by atoms with Gasteiger partial charge in [0.2, 0.25) is 0 Å². The monoisotopic (exact) mass is 254 g/mol. The number of nitrogens with one attached hydrogen (secondary N) is 1. The number of nitrogens with zero attached hydrogens (tertiary/aromatic N) is 1. The average Bonchev–Trinajstić information content (AvgIpc) is 2.16. The first-order valence-corrected chi connectivity index (χ1v) is 5.71. The summed E-state index contributed by atoms with van der Waals surface area (Å²) in [6.07, 6.45) is 2.43. The van der Waals surface area contributed by atoms with Crippen LogP contribution < -0.4 is 10.2 Å². The van der Waals surface area contributed by atoms with Crippen molar-refractivity contribution in [3.05, 3.63) is 22.2 Å². The third-order valence-electron chi connectivity index (χ3n) is 2.59. The Hall–Kier alpha value is -0.700. The van der Waals surface area contributed by atoms with E-state index in [-0.39, 0.29) is 0 Å². The van der Waals surface area contributed by atoms with Gasteiger partial charge in [-0.05, 0) is 46.5 Å². The van der Waals surface area contributed by atoms with Crippen LogP contribution in [-0.2, 0) is 6.42 Å². The van der Waals surface area contributed by atoms with Crippen molar-refractivity contribution >= 4 is 27.3 Å². The fourth-order valence-electron chi connectivity index (χ4n) is 1.82. The van der Waals surface area contributed by atoms with Gasteiger partial charge in [-0.25, -0.2) is 0 Å². The molecule has 1 aromatic carbocycles. The Morgan fingerprint density at radius 3 is 2.86 bits per heavy atom. The normalized spacial score (nSPS) is 14.5. The van der Waals surface area contributed by atoms with Crippen LogP contribution in [0.2, 0.25) is 0 Å². The molecule has 2 nitrogen and oxygen atoms in total. The number of hydrogen-bond donors (Lipinski definition) is 1. The molecule has 0 radical (unpaired) electrons. The Morgan fingerprint density at radius 2 is 2.14 bits per heavy atom. The molecule has 0 atom stereocenters. The van der Waals surface area contributed by atoms with Crippen molar-refractivity contribution < 1.29 is 0 Å². The quantitative estimate of drug-likeness (QED) is 0.830. The lowest BCUT2D eigenvalue weighted by atomic mass is 10.0. The molecule has 1 N–H and O–H groups in total. The minimum atomic E-state index is 1.10. The Kier molecular flexibility index (Phi) is 2.68. The van der Waals surface area contributed by atoms with Gasteiger partial charge in [-0.15, -0.1) is 0 Å². The molecule has 1 aliphatic heterocycles. The molecule has 2 rings (SSSR count). The largest absolute Gasteiger partial charge is 0.385 e. The Morgan fingerprint density at radius 1 is 1.36 bits per heavy atom. The van der Waals surface area contributed by atoms with E-state index in [1.807, 2.05) is 0 Å². The molecule has 0 aromatic heterocycles. The molecule has 0 saturated heterocycles. The molecular weight excluding hydrogens is 240 g/mol. The van der Waals surface area contributed by atoms with Gasteiger partial charge in [0.1, 0.15) is 0 Å². The Labute approximate surface area is 93.4 Å². The van der Waals surface area contributed by atoms with E-state index in [2.05, 4.69) is 52.4 Å². The smallest absolute Gasteiger partial charge is 0.0509 e. The van der Waals surface area contributed by atoms with E-state index in [0.29, 0.717) is 0 Å². The predicted octanol–water partition coefficient (Wildman–Crippen LogP) is 2.87. The first kappa shape index (κ1) is 9.84. The van der Waals surface area contributed by atoms with Crippen molar-refractivity contribution in [3.63, 3.8) is 0 Å². The second kappa shape index (κ2) is 3.81. The summed E-state index contributed by atoms with van der Waals surface area (Å²) in [7, 11) is 4.14. The molecule has 0 bridgehead atoms. The lowest BCUT2D eigenvalue weighted by Crippen LogP contribution is -2.14. The van der Waals surface area contributed by atoms with Crippen molar-refractivity contribution in [1.82, 2.24) is 0 Å². The maximum Gasteiger partial charge on any atom is 0.0509 e. The zero-order chi connectivity index (χ0) is 10.1. The first-order valence-electron chi connectivity index (χ1n) is 4.92. The van der Waals surface area contributed by atoms with Gasteiger partial charge in [0.25, 0.3) is 0 Å². The zero-order valence-corrected chi connectivity index (χ0v) is 10.2. The van der Waals surface area contributed by atoms with Crippen LogP contribution in [0.15, 0.2) is 16.6 Å². The summed E-state index contributed by atoms with van der Waals surface area (Å²) in [5.74, 6) is 0. The van der Waals surface area contributed by atoms with Crippen molar-refractivity contribution in [1.29, 1.82) is 0 Å². The van der Waals surface area contributed by atoms with Gasteiger partial charge in [0.15, 0.2) is 0 Å². The molecule has 0 saturated carbocycles. The van der Waals surface area contributed by atoms with E-state index < -0.39 is 0 Å². The van der Waals surface area contributed by atoms with Crippen LogP contribution in [0.5, 0.6) is 0 Å². The zero-order valence-electron chi connectivity index (χ0n) is 8.60. The average molecular weight is 255 g/mol. The standard InChI is InChI=1S/C11H15BrN2/c1-14(2)11-6-8-4-3-5-13-10(8)7-9(11)12/h6-7,13H,3-5H2,1-2H3. The number of anilines is 2.